The van der Waals surface area contributed by atoms with E-state index in [9.17, 15) is 0 Å². The number of nitrogens with zero attached hydrogens (tertiary/aromatic N) is 1. The summed E-state index contributed by atoms with van der Waals surface area (Å²) in [7, 11) is 0. The molecule has 0 bridgehead atoms. The molecule has 0 saturated heterocycles. The number of hydrogen-bond donors (Lipinski definition) is 1. The van der Waals surface area contributed by atoms with E-state index in [1.807, 2.05) is 0 Å². The van der Waals surface area contributed by atoms with Gasteiger partial charge in [0.05, 0.1) is 5.01 Å². The molecule has 0 radical (unpaired) electrons. The van der Waals surface area contributed by atoms with Crippen LogP contribution in [0.3, 0.4) is 0 Å². The Morgan fingerprint density at radius 1 is 1.30 bits per heavy atom. The molecule has 1 saturated carbocycles. The van der Waals surface area contributed by atoms with Crippen LogP contribution in [-0.4, -0.2) is 17.6 Å². The molecule has 2 aromatic rings. The Bertz CT molecular complexity index is 572. The van der Waals surface area contributed by atoms with Crippen LogP contribution in [0.15, 0.2) is 29.6 Å². The number of thiazole rings is 1. The first-order chi connectivity index (χ1) is 9.72. The zero-order valence-corrected chi connectivity index (χ0v) is 13.0. The second-order valence-corrected chi connectivity index (χ2v) is 6.77. The summed E-state index contributed by atoms with van der Waals surface area (Å²) in [5.74, 6) is 0.530. The van der Waals surface area contributed by atoms with E-state index in [1.54, 1.807) is 11.3 Å². The third kappa shape index (κ3) is 3.47. The molecule has 0 aliphatic heterocycles. The molecule has 1 aliphatic rings. The lowest BCUT2D eigenvalue weighted by molar-refractivity contribution is 0.574. The lowest BCUT2D eigenvalue weighted by atomic mass is 9.92. The minimum absolute atomic E-state index is 0.530. The Labute approximate surface area is 125 Å². The first kappa shape index (κ1) is 13.8. The summed E-state index contributed by atoms with van der Waals surface area (Å²) in [4.78, 5) is 4.64. The van der Waals surface area contributed by atoms with Crippen LogP contribution in [0.2, 0.25) is 0 Å². The van der Waals surface area contributed by atoms with Crippen molar-refractivity contribution in [3.8, 4) is 0 Å². The fraction of sp³-hybridized carbons (Fsp3) is 0.471. The molecular weight excluding hydrogens is 264 g/mol. The molecule has 1 fully saturated rings. The average molecular weight is 286 g/mol. The van der Waals surface area contributed by atoms with Crippen molar-refractivity contribution in [2.45, 2.75) is 45.1 Å². The van der Waals surface area contributed by atoms with Gasteiger partial charge in [0.1, 0.15) is 0 Å². The highest BCUT2D eigenvalue weighted by atomic mass is 32.1. The average Bonchev–Trinajstić information content (AvgIpc) is 3.18. The van der Waals surface area contributed by atoms with Crippen molar-refractivity contribution in [3.63, 3.8) is 0 Å². The second-order valence-electron chi connectivity index (χ2n) is 5.82. The summed E-state index contributed by atoms with van der Waals surface area (Å²) in [5, 5.41) is 7.10. The summed E-state index contributed by atoms with van der Waals surface area (Å²) >= 11 is 1.79. The smallest absolute Gasteiger partial charge is 0.0934 e. The van der Waals surface area contributed by atoms with Crippen molar-refractivity contribution < 1.29 is 0 Å². The molecule has 106 valence electrons. The van der Waals surface area contributed by atoms with Crippen molar-refractivity contribution >= 4 is 11.3 Å². The van der Waals surface area contributed by atoms with Gasteiger partial charge in [0.15, 0.2) is 0 Å². The number of aryl methyl sites for hydroxylation is 2. The highest BCUT2D eigenvalue weighted by Crippen LogP contribution is 2.27. The summed E-state index contributed by atoms with van der Waals surface area (Å²) in [6, 6.07) is 9.53. The highest BCUT2D eigenvalue weighted by molar-refractivity contribution is 7.09. The first-order valence-corrected chi connectivity index (χ1v) is 8.30. The molecule has 3 rings (SSSR count). The van der Waals surface area contributed by atoms with E-state index in [1.165, 1.54) is 29.0 Å². The number of nitrogens with one attached hydrogen (secondary N) is 1. The van der Waals surface area contributed by atoms with E-state index >= 15 is 0 Å². The fourth-order valence-corrected chi connectivity index (χ4v) is 3.49. The number of aromatic nitrogens is 1. The molecule has 0 spiro atoms. The fourth-order valence-electron chi connectivity index (χ4n) is 2.64. The van der Waals surface area contributed by atoms with Gasteiger partial charge < -0.3 is 5.32 Å². The molecule has 1 heterocycles. The van der Waals surface area contributed by atoms with Crippen LogP contribution in [0, 0.1) is 13.8 Å². The Morgan fingerprint density at radius 3 is 2.75 bits per heavy atom. The van der Waals surface area contributed by atoms with Gasteiger partial charge in [0.2, 0.25) is 0 Å². The maximum absolute atomic E-state index is 4.64. The number of benzene rings is 1. The predicted octanol–water partition coefficient (Wildman–Crippen LogP) is 3.84. The molecule has 0 amide bonds. The maximum atomic E-state index is 4.64. The van der Waals surface area contributed by atoms with Crippen LogP contribution < -0.4 is 5.32 Å². The van der Waals surface area contributed by atoms with Gasteiger partial charge in [-0.1, -0.05) is 24.3 Å². The molecule has 20 heavy (non-hydrogen) atoms. The molecular formula is C17H22N2S. The Kier molecular flexibility index (Phi) is 4.18. The molecule has 2 nitrogen and oxygen atoms in total. The quantitative estimate of drug-likeness (QED) is 0.873. The molecule has 1 N–H and O–H groups in total. The van der Waals surface area contributed by atoms with Crippen molar-refractivity contribution in [2.24, 2.45) is 0 Å². The third-order valence-corrected chi connectivity index (χ3v) is 4.94. The molecule has 1 unspecified atom stereocenters. The van der Waals surface area contributed by atoms with Gasteiger partial charge in [0, 0.05) is 36.0 Å². The van der Waals surface area contributed by atoms with Crippen LogP contribution in [0.4, 0.5) is 0 Å². The van der Waals surface area contributed by atoms with Gasteiger partial charge in [-0.25, -0.2) is 4.98 Å². The predicted molar refractivity (Wildman–Crippen MR) is 85.5 cm³/mol. The minimum Gasteiger partial charge on any atom is -0.313 e. The molecule has 1 aromatic carbocycles. The summed E-state index contributed by atoms with van der Waals surface area (Å²) in [5.41, 5.74) is 4.00. The van der Waals surface area contributed by atoms with Crippen molar-refractivity contribution in [3.05, 3.63) is 51.5 Å². The zero-order valence-electron chi connectivity index (χ0n) is 12.2. The summed E-state index contributed by atoms with van der Waals surface area (Å²) < 4.78 is 0. The largest absolute Gasteiger partial charge is 0.313 e. The first-order valence-electron chi connectivity index (χ1n) is 7.42. The minimum atomic E-state index is 0.530. The zero-order chi connectivity index (χ0) is 13.9. The van der Waals surface area contributed by atoms with E-state index < -0.39 is 0 Å². The van der Waals surface area contributed by atoms with Crippen LogP contribution >= 0.6 is 11.3 Å². The topological polar surface area (TPSA) is 24.9 Å². The Hall–Kier alpha value is -1.19. The van der Waals surface area contributed by atoms with Crippen LogP contribution in [0.5, 0.6) is 0 Å². The highest BCUT2D eigenvalue weighted by Gasteiger charge is 2.23. The van der Waals surface area contributed by atoms with E-state index in [-0.39, 0.29) is 0 Å². The van der Waals surface area contributed by atoms with Gasteiger partial charge >= 0.3 is 0 Å². The molecule has 1 aliphatic carbocycles. The van der Waals surface area contributed by atoms with Crippen molar-refractivity contribution in [2.75, 3.05) is 6.54 Å². The van der Waals surface area contributed by atoms with Crippen LogP contribution in [0.1, 0.15) is 40.6 Å². The van der Waals surface area contributed by atoms with E-state index in [0.29, 0.717) is 5.92 Å². The lowest BCUT2D eigenvalue weighted by Gasteiger charge is -2.19. The van der Waals surface area contributed by atoms with Gasteiger partial charge in [-0.2, -0.15) is 0 Å². The number of hydrogen-bond acceptors (Lipinski definition) is 3. The summed E-state index contributed by atoms with van der Waals surface area (Å²) in [6.07, 6.45) is 3.73. The second kappa shape index (κ2) is 6.06. The SMILES string of the molecule is Cc1csc(CC(CNC2CC2)c2ccccc2C)n1. The van der Waals surface area contributed by atoms with E-state index in [2.05, 4.69) is 53.8 Å². The van der Waals surface area contributed by atoms with Gasteiger partial charge in [-0.05, 0) is 37.8 Å². The van der Waals surface area contributed by atoms with Crippen LogP contribution in [0.25, 0.3) is 0 Å². The normalized spacial score (nSPS) is 16.3. The van der Waals surface area contributed by atoms with E-state index in [4.69, 9.17) is 0 Å². The van der Waals surface area contributed by atoms with Crippen LogP contribution in [-0.2, 0) is 6.42 Å². The number of rotatable bonds is 6. The lowest BCUT2D eigenvalue weighted by Crippen LogP contribution is -2.25. The summed E-state index contributed by atoms with van der Waals surface area (Å²) in [6.45, 7) is 5.35. The molecule has 1 aromatic heterocycles. The van der Waals surface area contributed by atoms with Gasteiger partial charge in [-0.15, -0.1) is 11.3 Å². The Balaban J connectivity index is 1.77. The molecule has 3 heteroatoms. The standard InChI is InChI=1S/C17H22N2S/c1-12-5-3-4-6-16(12)14(10-18-15-7-8-15)9-17-19-13(2)11-20-17/h3-6,11,14-15,18H,7-10H2,1-2H3. The third-order valence-electron chi connectivity index (χ3n) is 3.95. The monoisotopic (exact) mass is 286 g/mol. The Morgan fingerprint density at radius 2 is 2.10 bits per heavy atom. The van der Waals surface area contributed by atoms with Gasteiger partial charge in [0.25, 0.3) is 0 Å². The molecule has 1 atom stereocenters. The van der Waals surface area contributed by atoms with Crippen molar-refractivity contribution in [1.29, 1.82) is 0 Å². The van der Waals surface area contributed by atoms with Gasteiger partial charge in [-0.3, -0.25) is 0 Å². The maximum Gasteiger partial charge on any atom is 0.0934 e. The van der Waals surface area contributed by atoms with Crippen molar-refractivity contribution in [1.82, 2.24) is 10.3 Å². The van der Waals surface area contributed by atoms with E-state index in [0.717, 1.165) is 24.7 Å².